The fourth-order valence-electron chi connectivity index (χ4n) is 2.11. The molecule has 8 heteroatoms. The van der Waals surface area contributed by atoms with Crippen LogP contribution in [0.4, 0.5) is 13.2 Å². The molecule has 1 aromatic rings. The molecule has 1 atom stereocenters. The number of hydrogen-bond donors (Lipinski definition) is 0. The van der Waals surface area contributed by atoms with E-state index in [1.165, 1.54) is 19.2 Å². The average Bonchev–Trinajstić information content (AvgIpc) is 2.64. The molecule has 4 nitrogen and oxygen atoms in total. The smallest absolute Gasteiger partial charge is 0.465 e. The second-order valence-electron chi connectivity index (χ2n) is 6.57. The third kappa shape index (κ3) is 3.80. The summed E-state index contributed by atoms with van der Waals surface area (Å²) in [6, 6.07) is 3.00. The maximum atomic E-state index is 12.7. The van der Waals surface area contributed by atoms with Crippen molar-refractivity contribution in [2.24, 2.45) is 0 Å². The Hall–Kier alpha value is -1.28. The Bertz CT molecular complexity index is 530. The van der Waals surface area contributed by atoms with Gasteiger partial charge in [-0.15, -0.1) is 0 Å². The number of alkyl halides is 3. The van der Waals surface area contributed by atoms with Gasteiger partial charge in [-0.3, -0.25) is 0 Å². The normalized spacial score (nSPS) is 21.3. The van der Waals surface area contributed by atoms with Crippen molar-refractivity contribution in [2.45, 2.75) is 64.5 Å². The lowest BCUT2D eigenvalue weighted by molar-refractivity contribution is -0.196. The zero-order valence-electron chi connectivity index (χ0n) is 13.9. The molecule has 2 heterocycles. The monoisotopic (exact) mass is 331 g/mol. The summed E-state index contributed by atoms with van der Waals surface area (Å²) in [5.74, 6) is -0.0746. The van der Waals surface area contributed by atoms with Gasteiger partial charge in [-0.05, 0) is 40.2 Å². The van der Waals surface area contributed by atoms with Crippen LogP contribution >= 0.6 is 0 Å². The van der Waals surface area contributed by atoms with Gasteiger partial charge in [0.25, 0.3) is 0 Å². The zero-order chi connectivity index (χ0) is 17.5. The molecule has 0 spiro atoms. The summed E-state index contributed by atoms with van der Waals surface area (Å²) >= 11 is 0. The molecule has 2 rings (SSSR count). The van der Waals surface area contributed by atoms with Gasteiger partial charge in [-0.1, -0.05) is 13.0 Å². The molecule has 0 N–H and O–H groups in total. The van der Waals surface area contributed by atoms with Crippen LogP contribution in [0.1, 0.15) is 41.0 Å². The average molecular weight is 331 g/mol. The molecule has 0 aliphatic carbocycles. The van der Waals surface area contributed by atoms with E-state index >= 15 is 0 Å². The highest BCUT2D eigenvalue weighted by Gasteiger charge is 2.51. The molecule has 128 valence electrons. The second-order valence-corrected chi connectivity index (χ2v) is 6.57. The topological polar surface area (TPSA) is 40.6 Å². The van der Waals surface area contributed by atoms with Crippen LogP contribution in [0.2, 0.25) is 0 Å². The van der Waals surface area contributed by atoms with Gasteiger partial charge in [-0.25, -0.2) is 4.98 Å². The standard InChI is InChI=1S/C15H21BF3NO3/c1-6-11(15(17,18)19)21-12-8-7-10(9-20-12)16-22-13(2,3)14(4,5)23-16/h7-9,11H,6H2,1-5H3. The Kier molecular flexibility index (Phi) is 4.70. The van der Waals surface area contributed by atoms with E-state index in [0.29, 0.717) is 5.46 Å². The van der Waals surface area contributed by atoms with E-state index < -0.39 is 30.6 Å². The number of aromatic nitrogens is 1. The van der Waals surface area contributed by atoms with E-state index in [1.807, 2.05) is 27.7 Å². The third-order valence-corrected chi connectivity index (χ3v) is 4.28. The SMILES string of the molecule is CCC(Oc1ccc(B2OC(C)(C)C(C)(C)O2)cn1)C(F)(F)F. The lowest BCUT2D eigenvalue weighted by Crippen LogP contribution is -2.41. The van der Waals surface area contributed by atoms with Crippen LogP contribution in [0, 0.1) is 0 Å². The highest BCUT2D eigenvalue weighted by Crippen LogP contribution is 2.36. The molecular formula is C15H21BF3NO3. The number of pyridine rings is 1. The number of rotatable bonds is 4. The first kappa shape index (κ1) is 18.1. The Labute approximate surface area is 134 Å². The van der Waals surface area contributed by atoms with E-state index in [0.717, 1.165) is 0 Å². The van der Waals surface area contributed by atoms with Crippen molar-refractivity contribution in [2.75, 3.05) is 0 Å². The lowest BCUT2D eigenvalue weighted by atomic mass is 9.80. The molecule has 0 bridgehead atoms. The van der Waals surface area contributed by atoms with Crippen molar-refractivity contribution < 1.29 is 27.2 Å². The predicted molar refractivity (Wildman–Crippen MR) is 80.7 cm³/mol. The van der Waals surface area contributed by atoms with Crippen molar-refractivity contribution in [1.82, 2.24) is 4.98 Å². The number of hydrogen-bond acceptors (Lipinski definition) is 4. The Morgan fingerprint density at radius 2 is 1.74 bits per heavy atom. The second kappa shape index (κ2) is 5.98. The van der Waals surface area contributed by atoms with Crippen LogP contribution in [-0.4, -0.2) is 35.6 Å². The highest BCUT2D eigenvalue weighted by molar-refractivity contribution is 6.62. The predicted octanol–water partition coefficient (Wildman–Crippen LogP) is 3.10. The Morgan fingerprint density at radius 3 is 2.13 bits per heavy atom. The molecule has 0 aromatic carbocycles. The van der Waals surface area contributed by atoms with Crippen LogP contribution in [0.15, 0.2) is 18.3 Å². The van der Waals surface area contributed by atoms with E-state index in [2.05, 4.69) is 4.98 Å². The number of halogens is 3. The van der Waals surface area contributed by atoms with Crippen molar-refractivity contribution in [3.63, 3.8) is 0 Å². The first-order chi connectivity index (χ1) is 10.5. The molecule has 1 fully saturated rings. The Morgan fingerprint density at radius 1 is 1.17 bits per heavy atom. The molecule has 1 aromatic heterocycles. The third-order valence-electron chi connectivity index (χ3n) is 4.28. The van der Waals surface area contributed by atoms with Gasteiger partial charge < -0.3 is 14.0 Å². The minimum Gasteiger partial charge on any atom is -0.465 e. The van der Waals surface area contributed by atoms with Crippen molar-refractivity contribution in [3.05, 3.63) is 18.3 Å². The quantitative estimate of drug-likeness (QED) is 0.795. The molecule has 0 radical (unpaired) electrons. The van der Waals surface area contributed by atoms with Crippen LogP contribution in [0.5, 0.6) is 5.88 Å². The highest BCUT2D eigenvalue weighted by atomic mass is 19.4. The molecule has 1 aliphatic heterocycles. The molecule has 1 saturated heterocycles. The molecule has 1 unspecified atom stereocenters. The number of nitrogens with zero attached hydrogens (tertiary/aromatic N) is 1. The van der Waals surface area contributed by atoms with Gasteiger partial charge in [0.05, 0.1) is 11.2 Å². The van der Waals surface area contributed by atoms with Crippen LogP contribution in [0.25, 0.3) is 0 Å². The van der Waals surface area contributed by atoms with E-state index in [9.17, 15) is 13.2 Å². The van der Waals surface area contributed by atoms with Gasteiger partial charge in [0.1, 0.15) is 0 Å². The summed E-state index contributed by atoms with van der Waals surface area (Å²) in [5.41, 5.74) is -0.344. The van der Waals surface area contributed by atoms with Gasteiger partial charge in [0.15, 0.2) is 6.10 Å². The summed E-state index contributed by atoms with van der Waals surface area (Å²) in [4.78, 5) is 3.94. The van der Waals surface area contributed by atoms with Crippen molar-refractivity contribution in [3.8, 4) is 5.88 Å². The maximum Gasteiger partial charge on any atom is 0.496 e. The minimum atomic E-state index is -4.42. The number of ether oxygens (including phenoxy) is 1. The molecule has 23 heavy (non-hydrogen) atoms. The van der Waals surface area contributed by atoms with E-state index in [-0.39, 0.29) is 12.3 Å². The van der Waals surface area contributed by atoms with Crippen molar-refractivity contribution in [1.29, 1.82) is 0 Å². The zero-order valence-corrected chi connectivity index (χ0v) is 13.9. The summed E-state index contributed by atoms with van der Waals surface area (Å²) in [6.07, 6.45) is -5.04. The lowest BCUT2D eigenvalue weighted by Gasteiger charge is -2.32. The van der Waals surface area contributed by atoms with Gasteiger partial charge in [-0.2, -0.15) is 13.2 Å². The van der Waals surface area contributed by atoms with Crippen LogP contribution in [0.3, 0.4) is 0 Å². The van der Waals surface area contributed by atoms with E-state index in [4.69, 9.17) is 14.0 Å². The first-order valence-corrected chi connectivity index (χ1v) is 7.51. The van der Waals surface area contributed by atoms with Crippen molar-refractivity contribution >= 4 is 12.6 Å². The minimum absolute atomic E-state index is 0.0746. The summed E-state index contributed by atoms with van der Waals surface area (Å²) in [5, 5.41) is 0. The Balaban J connectivity index is 2.09. The van der Waals surface area contributed by atoms with E-state index in [1.54, 1.807) is 6.07 Å². The summed E-state index contributed by atoms with van der Waals surface area (Å²) < 4.78 is 54.8. The fraction of sp³-hybridized carbons (Fsp3) is 0.667. The summed E-state index contributed by atoms with van der Waals surface area (Å²) in [7, 11) is -0.605. The first-order valence-electron chi connectivity index (χ1n) is 7.51. The summed E-state index contributed by atoms with van der Waals surface area (Å²) in [6.45, 7) is 9.11. The van der Waals surface area contributed by atoms with Gasteiger partial charge in [0, 0.05) is 11.7 Å². The van der Waals surface area contributed by atoms with Crippen LogP contribution in [-0.2, 0) is 9.31 Å². The largest absolute Gasteiger partial charge is 0.496 e. The fourth-order valence-corrected chi connectivity index (χ4v) is 2.11. The maximum absolute atomic E-state index is 12.7. The molecule has 0 saturated carbocycles. The molecular weight excluding hydrogens is 310 g/mol. The van der Waals surface area contributed by atoms with Crippen LogP contribution < -0.4 is 10.2 Å². The van der Waals surface area contributed by atoms with Gasteiger partial charge in [0.2, 0.25) is 5.88 Å². The molecule has 1 aliphatic rings. The molecule has 0 amide bonds. The van der Waals surface area contributed by atoms with Gasteiger partial charge >= 0.3 is 13.3 Å².